The number of fused-ring (bicyclic) bond motifs is 1. The van der Waals surface area contributed by atoms with Gasteiger partial charge >= 0.3 is 0 Å². The number of hydrogen-bond donors (Lipinski definition) is 0. The van der Waals surface area contributed by atoms with E-state index in [2.05, 4.69) is 45.9 Å². The summed E-state index contributed by atoms with van der Waals surface area (Å²) in [5.41, 5.74) is 4.55. The molecule has 0 amide bonds. The number of nitrogens with zero attached hydrogens (tertiary/aromatic N) is 4. The number of pyridine rings is 2. The number of rotatable bonds is 1. The van der Waals surface area contributed by atoms with E-state index in [1.54, 1.807) is 0 Å². The highest BCUT2D eigenvalue weighted by atomic mass is 15.4. The van der Waals surface area contributed by atoms with E-state index < -0.39 is 0 Å². The zero-order valence-corrected chi connectivity index (χ0v) is 10.8. The molecule has 1 unspecified atom stereocenters. The van der Waals surface area contributed by atoms with Gasteiger partial charge in [0.1, 0.15) is 6.17 Å². The molecule has 0 spiro atoms. The Morgan fingerprint density at radius 2 is 1.94 bits per heavy atom. The van der Waals surface area contributed by atoms with Crippen LogP contribution in [0.25, 0.3) is 0 Å². The van der Waals surface area contributed by atoms with Crippen molar-refractivity contribution in [3.8, 4) is 0 Å². The van der Waals surface area contributed by atoms with Crippen LogP contribution in [0.3, 0.4) is 0 Å². The Hall–Kier alpha value is -2.10. The van der Waals surface area contributed by atoms with E-state index in [1.807, 2.05) is 31.6 Å². The molecule has 3 rings (SSSR count). The van der Waals surface area contributed by atoms with Crippen LogP contribution in [0.5, 0.6) is 0 Å². The first-order valence-electron chi connectivity index (χ1n) is 6.08. The molecule has 2 aromatic heterocycles. The number of anilines is 3. The van der Waals surface area contributed by atoms with Gasteiger partial charge in [0.25, 0.3) is 0 Å². The van der Waals surface area contributed by atoms with E-state index in [9.17, 15) is 0 Å². The van der Waals surface area contributed by atoms with Gasteiger partial charge in [-0.3, -0.25) is 9.97 Å². The average Bonchev–Trinajstić information content (AvgIpc) is 2.64. The van der Waals surface area contributed by atoms with Gasteiger partial charge in [-0.25, -0.2) is 0 Å². The van der Waals surface area contributed by atoms with Gasteiger partial charge < -0.3 is 9.80 Å². The van der Waals surface area contributed by atoms with Crippen molar-refractivity contribution in [1.82, 2.24) is 9.97 Å². The molecule has 0 saturated carbocycles. The summed E-state index contributed by atoms with van der Waals surface area (Å²) in [6.45, 7) is 4.23. The van der Waals surface area contributed by atoms with Crippen molar-refractivity contribution in [3.63, 3.8) is 0 Å². The van der Waals surface area contributed by atoms with Crippen LogP contribution in [-0.4, -0.2) is 23.2 Å². The molecule has 0 bridgehead atoms. The predicted octanol–water partition coefficient (Wildman–Crippen LogP) is 2.72. The summed E-state index contributed by atoms with van der Waals surface area (Å²) in [5, 5.41) is 0. The van der Waals surface area contributed by atoms with E-state index >= 15 is 0 Å². The smallest absolute Gasteiger partial charge is 0.103 e. The van der Waals surface area contributed by atoms with E-state index in [0.29, 0.717) is 0 Å². The van der Waals surface area contributed by atoms with Crippen molar-refractivity contribution < 1.29 is 0 Å². The Bertz CT molecular complexity index is 582. The van der Waals surface area contributed by atoms with Crippen LogP contribution in [-0.2, 0) is 0 Å². The third-order valence-corrected chi connectivity index (χ3v) is 3.59. The molecule has 0 saturated heterocycles. The fraction of sp³-hybridized carbons (Fsp3) is 0.286. The van der Waals surface area contributed by atoms with Crippen molar-refractivity contribution in [2.45, 2.75) is 20.0 Å². The third kappa shape index (κ3) is 1.45. The second-order valence-corrected chi connectivity index (χ2v) is 4.59. The lowest BCUT2D eigenvalue weighted by Gasteiger charge is -2.28. The molecule has 1 aliphatic rings. The SMILES string of the molecule is Cc1ncccc1N1c2ccncc2N(C)C1C. The fourth-order valence-electron chi connectivity index (χ4n) is 2.49. The maximum absolute atomic E-state index is 4.38. The molecule has 92 valence electrons. The zero-order valence-electron chi connectivity index (χ0n) is 10.8. The van der Waals surface area contributed by atoms with Crippen LogP contribution < -0.4 is 9.80 Å². The summed E-state index contributed by atoms with van der Waals surface area (Å²) in [5.74, 6) is 0. The number of aryl methyl sites for hydroxylation is 1. The van der Waals surface area contributed by atoms with Crippen molar-refractivity contribution in [3.05, 3.63) is 42.5 Å². The Morgan fingerprint density at radius 3 is 2.72 bits per heavy atom. The topological polar surface area (TPSA) is 32.3 Å². The number of hydrogen-bond acceptors (Lipinski definition) is 4. The lowest BCUT2D eigenvalue weighted by molar-refractivity contribution is 0.730. The zero-order chi connectivity index (χ0) is 12.7. The first kappa shape index (κ1) is 11.0. The van der Waals surface area contributed by atoms with Gasteiger partial charge in [0.05, 0.1) is 29.0 Å². The summed E-state index contributed by atoms with van der Waals surface area (Å²) in [6.07, 6.45) is 5.85. The van der Waals surface area contributed by atoms with Gasteiger partial charge in [0.15, 0.2) is 0 Å². The molecular weight excluding hydrogens is 224 g/mol. The fourth-order valence-corrected chi connectivity index (χ4v) is 2.49. The average molecular weight is 240 g/mol. The Kier molecular flexibility index (Phi) is 2.44. The molecule has 0 aliphatic carbocycles. The standard InChI is InChI=1S/C14H16N4/c1-10-12(5-4-7-16-10)18-11(2)17(3)14-9-15-8-6-13(14)18/h4-9,11H,1-3H3. The second kappa shape index (κ2) is 3.98. The minimum atomic E-state index is 0.270. The first-order valence-corrected chi connectivity index (χ1v) is 6.08. The quantitative estimate of drug-likeness (QED) is 0.767. The van der Waals surface area contributed by atoms with Crippen LogP contribution in [0.15, 0.2) is 36.8 Å². The summed E-state index contributed by atoms with van der Waals surface area (Å²) in [6, 6.07) is 6.15. The largest absolute Gasteiger partial charge is 0.351 e. The molecule has 0 N–H and O–H groups in total. The highest BCUT2D eigenvalue weighted by Crippen LogP contribution is 2.42. The molecule has 4 heteroatoms. The Morgan fingerprint density at radius 1 is 1.11 bits per heavy atom. The monoisotopic (exact) mass is 240 g/mol. The van der Waals surface area contributed by atoms with Gasteiger partial charge in [-0.05, 0) is 32.0 Å². The van der Waals surface area contributed by atoms with Crippen molar-refractivity contribution in [2.75, 3.05) is 16.8 Å². The number of aromatic nitrogens is 2. The molecule has 4 nitrogen and oxygen atoms in total. The van der Waals surface area contributed by atoms with Gasteiger partial charge in [-0.15, -0.1) is 0 Å². The molecule has 18 heavy (non-hydrogen) atoms. The summed E-state index contributed by atoms with van der Waals surface area (Å²) in [4.78, 5) is 13.1. The molecule has 0 fully saturated rings. The van der Waals surface area contributed by atoms with Crippen LogP contribution in [0, 0.1) is 6.92 Å². The summed E-state index contributed by atoms with van der Waals surface area (Å²) in [7, 11) is 2.09. The minimum absolute atomic E-state index is 0.270. The molecule has 1 atom stereocenters. The van der Waals surface area contributed by atoms with Gasteiger partial charge in [-0.2, -0.15) is 0 Å². The van der Waals surface area contributed by atoms with E-state index in [-0.39, 0.29) is 6.17 Å². The highest BCUT2D eigenvalue weighted by molar-refractivity contribution is 5.83. The van der Waals surface area contributed by atoms with Gasteiger partial charge in [0, 0.05) is 19.4 Å². The van der Waals surface area contributed by atoms with Crippen LogP contribution in [0.4, 0.5) is 17.1 Å². The van der Waals surface area contributed by atoms with E-state index in [0.717, 1.165) is 17.1 Å². The van der Waals surface area contributed by atoms with Crippen LogP contribution in [0.2, 0.25) is 0 Å². The molecule has 0 radical (unpaired) electrons. The highest BCUT2D eigenvalue weighted by Gasteiger charge is 2.32. The van der Waals surface area contributed by atoms with Crippen molar-refractivity contribution >= 4 is 17.1 Å². The lowest BCUT2D eigenvalue weighted by Crippen LogP contribution is -2.36. The molecule has 2 aromatic rings. The van der Waals surface area contributed by atoms with Crippen molar-refractivity contribution in [1.29, 1.82) is 0 Å². The Labute approximate surface area is 107 Å². The van der Waals surface area contributed by atoms with Crippen LogP contribution >= 0.6 is 0 Å². The van der Waals surface area contributed by atoms with Gasteiger partial charge in [-0.1, -0.05) is 0 Å². The summed E-state index contributed by atoms with van der Waals surface area (Å²) >= 11 is 0. The Balaban J connectivity index is 2.16. The van der Waals surface area contributed by atoms with Crippen LogP contribution in [0.1, 0.15) is 12.6 Å². The lowest BCUT2D eigenvalue weighted by atomic mass is 10.2. The molecule has 1 aliphatic heterocycles. The van der Waals surface area contributed by atoms with Crippen molar-refractivity contribution in [2.24, 2.45) is 0 Å². The predicted molar refractivity (Wildman–Crippen MR) is 73.2 cm³/mol. The molecule has 3 heterocycles. The maximum atomic E-state index is 4.38. The maximum Gasteiger partial charge on any atom is 0.103 e. The molecule has 0 aromatic carbocycles. The van der Waals surface area contributed by atoms with E-state index in [4.69, 9.17) is 0 Å². The van der Waals surface area contributed by atoms with E-state index in [1.165, 1.54) is 5.69 Å². The summed E-state index contributed by atoms with van der Waals surface area (Å²) < 4.78 is 0. The molecular formula is C14H16N4. The second-order valence-electron chi connectivity index (χ2n) is 4.59. The third-order valence-electron chi connectivity index (χ3n) is 3.59. The van der Waals surface area contributed by atoms with Gasteiger partial charge in [0.2, 0.25) is 0 Å². The first-order chi connectivity index (χ1) is 8.70. The normalized spacial score (nSPS) is 18.1. The minimum Gasteiger partial charge on any atom is -0.351 e.